The third kappa shape index (κ3) is 6.41. The second kappa shape index (κ2) is 11.7. The topological polar surface area (TPSA) is 122 Å². The number of allylic oxidation sites excluding steroid dienone is 3. The van der Waals surface area contributed by atoms with Gasteiger partial charge in [-0.05, 0) is 80.9 Å². The highest BCUT2D eigenvalue weighted by atomic mass is 15.3. The molecule has 1 atom stereocenters. The van der Waals surface area contributed by atoms with E-state index in [-0.39, 0.29) is 6.17 Å². The van der Waals surface area contributed by atoms with Gasteiger partial charge in [0.1, 0.15) is 6.17 Å². The molecule has 1 fully saturated rings. The molecule has 1 aromatic rings. The van der Waals surface area contributed by atoms with Crippen LogP contribution in [0.2, 0.25) is 0 Å². The lowest BCUT2D eigenvalue weighted by molar-refractivity contribution is 0.224. The van der Waals surface area contributed by atoms with Crippen LogP contribution in [0.25, 0.3) is 11.6 Å². The summed E-state index contributed by atoms with van der Waals surface area (Å²) in [5.74, 6) is 1.49. The fraction of sp³-hybridized carbons (Fsp3) is 0.462. The van der Waals surface area contributed by atoms with Gasteiger partial charge >= 0.3 is 0 Å². The van der Waals surface area contributed by atoms with Crippen molar-refractivity contribution in [2.24, 2.45) is 34.0 Å². The molecule has 0 aromatic carbocycles. The Kier molecular flexibility index (Phi) is 8.76. The van der Waals surface area contributed by atoms with Crippen LogP contribution in [0.1, 0.15) is 37.9 Å². The molecule has 1 unspecified atom stereocenters. The number of hydrogen-bond donors (Lipinski definition) is 4. The molecule has 7 N–H and O–H groups in total. The zero-order valence-corrected chi connectivity index (χ0v) is 20.9. The van der Waals surface area contributed by atoms with E-state index in [4.69, 9.17) is 22.2 Å². The van der Waals surface area contributed by atoms with Gasteiger partial charge in [-0.15, -0.1) is 0 Å². The Morgan fingerprint density at radius 2 is 1.97 bits per heavy atom. The van der Waals surface area contributed by atoms with E-state index < -0.39 is 0 Å². The molecule has 0 spiro atoms. The molecule has 8 nitrogen and oxygen atoms in total. The van der Waals surface area contributed by atoms with Crippen LogP contribution in [0.4, 0.5) is 5.69 Å². The summed E-state index contributed by atoms with van der Waals surface area (Å²) >= 11 is 0. The summed E-state index contributed by atoms with van der Waals surface area (Å²) in [4.78, 5) is 13.8. The normalized spacial score (nSPS) is 20.9. The van der Waals surface area contributed by atoms with Gasteiger partial charge in [-0.3, -0.25) is 9.98 Å². The predicted octanol–water partition coefficient (Wildman–Crippen LogP) is 2.47. The average Bonchev–Trinajstić information content (AvgIpc) is 2.83. The number of anilines is 1. The number of likely N-dealkylation sites (N-methyl/N-ethyl adjacent to an activating group) is 1. The van der Waals surface area contributed by atoms with E-state index in [1.807, 2.05) is 37.7 Å². The summed E-state index contributed by atoms with van der Waals surface area (Å²) < 4.78 is 0. The average molecular weight is 465 g/mol. The molecule has 3 rings (SSSR count). The molecular weight excluding hydrogens is 424 g/mol. The Morgan fingerprint density at radius 1 is 1.24 bits per heavy atom. The Hall–Kier alpha value is -3.26. The monoisotopic (exact) mass is 464 g/mol. The van der Waals surface area contributed by atoms with E-state index in [1.165, 1.54) is 12.8 Å². The van der Waals surface area contributed by atoms with Crippen molar-refractivity contribution in [1.29, 1.82) is 0 Å². The Balaban J connectivity index is 1.70. The first-order valence-corrected chi connectivity index (χ1v) is 12.0. The second-order valence-electron chi connectivity index (χ2n) is 9.47. The molecule has 0 saturated carbocycles. The maximum Gasteiger partial charge on any atom is 0.120 e. The first-order chi connectivity index (χ1) is 16.3. The molecule has 3 heterocycles. The van der Waals surface area contributed by atoms with Crippen LogP contribution in [0, 0.1) is 11.8 Å². The molecule has 0 bridgehead atoms. The summed E-state index contributed by atoms with van der Waals surface area (Å²) in [6.45, 7) is 7.28. The molecular formula is C26H40N8. The van der Waals surface area contributed by atoms with E-state index in [1.54, 1.807) is 12.4 Å². The lowest BCUT2D eigenvalue weighted by Crippen LogP contribution is -2.45. The van der Waals surface area contributed by atoms with E-state index in [0.717, 1.165) is 47.7 Å². The molecule has 1 saturated heterocycles. The molecule has 8 heteroatoms. The van der Waals surface area contributed by atoms with Crippen LogP contribution in [0.3, 0.4) is 0 Å². The van der Waals surface area contributed by atoms with Gasteiger partial charge in [0.2, 0.25) is 0 Å². The molecule has 34 heavy (non-hydrogen) atoms. The number of aliphatic imine (C=N–C) groups is 1. The molecule has 0 amide bonds. The van der Waals surface area contributed by atoms with Crippen LogP contribution in [0.5, 0.6) is 0 Å². The Morgan fingerprint density at radius 3 is 2.62 bits per heavy atom. The van der Waals surface area contributed by atoms with Crippen LogP contribution in [-0.2, 0) is 0 Å². The fourth-order valence-electron chi connectivity index (χ4n) is 4.20. The third-order valence-corrected chi connectivity index (χ3v) is 6.57. The minimum atomic E-state index is -0.115. The molecule has 2 aliphatic rings. The maximum atomic E-state index is 6.26. The number of nitrogens with two attached hydrogens (primary N) is 3. The summed E-state index contributed by atoms with van der Waals surface area (Å²) in [7, 11) is 4.19. The summed E-state index contributed by atoms with van der Waals surface area (Å²) in [5, 5.41) is 3.35. The van der Waals surface area contributed by atoms with Gasteiger partial charge in [-0.2, -0.15) is 0 Å². The quantitative estimate of drug-likeness (QED) is 0.344. The molecule has 184 valence electrons. The molecule has 0 radical (unpaired) electrons. The van der Waals surface area contributed by atoms with Crippen LogP contribution < -0.4 is 27.4 Å². The lowest BCUT2D eigenvalue weighted by atomic mass is 9.97. The number of aromatic nitrogens is 1. The van der Waals surface area contributed by atoms with Crippen molar-refractivity contribution in [2.45, 2.75) is 32.9 Å². The Labute approximate surface area is 204 Å². The van der Waals surface area contributed by atoms with Crippen molar-refractivity contribution in [3.05, 3.63) is 59.5 Å². The van der Waals surface area contributed by atoms with Gasteiger partial charge in [0.25, 0.3) is 0 Å². The van der Waals surface area contributed by atoms with E-state index in [2.05, 4.69) is 47.1 Å². The van der Waals surface area contributed by atoms with Crippen molar-refractivity contribution >= 4 is 23.6 Å². The fourth-order valence-corrected chi connectivity index (χ4v) is 4.20. The van der Waals surface area contributed by atoms with Gasteiger partial charge in [0.05, 0.1) is 17.2 Å². The minimum Gasteiger partial charge on any atom is -0.404 e. The van der Waals surface area contributed by atoms with Crippen LogP contribution in [0.15, 0.2) is 53.2 Å². The van der Waals surface area contributed by atoms with Gasteiger partial charge in [-0.25, -0.2) is 0 Å². The molecule has 2 aliphatic heterocycles. The number of nitrogens with one attached hydrogen (secondary N) is 1. The van der Waals surface area contributed by atoms with Crippen molar-refractivity contribution in [2.75, 3.05) is 38.6 Å². The van der Waals surface area contributed by atoms with Crippen molar-refractivity contribution in [3.8, 4) is 0 Å². The zero-order valence-electron chi connectivity index (χ0n) is 20.9. The van der Waals surface area contributed by atoms with Gasteiger partial charge in [-0.1, -0.05) is 13.8 Å². The minimum absolute atomic E-state index is 0.115. The number of pyridine rings is 1. The van der Waals surface area contributed by atoms with Crippen molar-refractivity contribution < 1.29 is 0 Å². The molecule has 0 aliphatic carbocycles. The largest absolute Gasteiger partial charge is 0.404 e. The van der Waals surface area contributed by atoms with E-state index in [9.17, 15) is 0 Å². The second-order valence-corrected chi connectivity index (χ2v) is 9.47. The number of piperidine rings is 1. The maximum absolute atomic E-state index is 6.26. The Bertz CT molecular complexity index is 981. The van der Waals surface area contributed by atoms with Gasteiger partial charge in [0, 0.05) is 43.3 Å². The van der Waals surface area contributed by atoms with E-state index >= 15 is 0 Å². The smallest absolute Gasteiger partial charge is 0.120 e. The van der Waals surface area contributed by atoms with Gasteiger partial charge < -0.3 is 32.3 Å². The third-order valence-electron chi connectivity index (χ3n) is 6.57. The summed E-state index contributed by atoms with van der Waals surface area (Å²) in [6.07, 6.45) is 15.1. The highest BCUT2D eigenvalue weighted by Gasteiger charge is 2.21. The number of hydrogen-bond acceptors (Lipinski definition) is 8. The number of likely N-dealkylation sites (tertiary alicyclic amines) is 1. The molecule has 1 aromatic heterocycles. The number of nitrogens with zero attached hydrogens (tertiary/aromatic N) is 4. The van der Waals surface area contributed by atoms with Gasteiger partial charge in [0.15, 0.2) is 0 Å². The van der Waals surface area contributed by atoms with E-state index in [0.29, 0.717) is 17.7 Å². The SMILES string of the molecule is CC(C)C(=C/N)/C=C(\N)NC1C=Cc2ncc(C(C=NCC3CCN(C)CC3)=CN)cc2N1C. The predicted molar refractivity (Wildman–Crippen MR) is 144 cm³/mol. The summed E-state index contributed by atoms with van der Waals surface area (Å²) in [6, 6.07) is 2.10. The number of fused-ring (bicyclic) bond motifs is 1. The summed E-state index contributed by atoms with van der Waals surface area (Å²) in [5.41, 5.74) is 22.6. The first-order valence-electron chi connectivity index (χ1n) is 12.0. The van der Waals surface area contributed by atoms with Crippen molar-refractivity contribution in [3.63, 3.8) is 0 Å². The van der Waals surface area contributed by atoms with Crippen molar-refractivity contribution in [1.82, 2.24) is 15.2 Å². The zero-order chi connectivity index (χ0) is 24.7. The number of rotatable bonds is 8. The highest BCUT2D eigenvalue weighted by Crippen LogP contribution is 2.28. The lowest BCUT2D eigenvalue weighted by Gasteiger charge is -2.33. The standard InChI is InChI=1S/C26H40N8/c1-18(2)20(13-27)12-25(29)32-26-6-5-23-24(34(26)4)11-21(17-31-23)22(14-28)16-30-15-19-7-9-33(3)10-8-19/h5-6,11-14,16-19,26,32H,7-10,15,27-29H2,1-4H3/b20-13+,22-14?,25-12+,30-16?. The van der Waals surface area contributed by atoms with Crippen LogP contribution in [-0.4, -0.2) is 56.0 Å². The van der Waals surface area contributed by atoms with Crippen LogP contribution >= 0.6 is 0 Å². The first kappa shape index (κ1) is 25.4. The highest BCUT2D eigenvalue weighted by molar-refractivity contribution is 6.09.